The van der Waals surface area contributed by atoms with Crippen LogP contribution in [0.1, 0.15) is 0 Å². The Kier molecular flexibility index (Phi) is 3.58. The molecule has 0 saturated carbocycles. The van der Waals surface area contributed by atoms with Crippen molar-refractivity contribution in [3.05, 3.63) is 42.7 Å². The van der Waals surface area contributed by atoms with Gasteiger partial charge >= 0.3 is 0 Å². The molecule has 0 atom stereocenters. The van der Waals surface area contributed by atoms with Crippen LogP contribution in [0.15, 0.2) is 57.4 Å². The average Bonchev–Trinajstić information content (AvgIpc) is 2.32. The fraction of sp³-hybridized carbons (Fsp3) is 0.0833. The molecule has 0 saturated heterocycles. The van der Waals surface area contributed by atoms with Crippen LogP contribution < -0.4 is 5.73 Å². The Morgan fingerprint density at radius 2 is 1.83 bits per heavy atom. The third-order valence-electron chi connectivity index (χ3n) is 2.29. The number of nitrogen functional groups attached to an aromatic ring is 1. The molecule has 4 nitrogen and oxygen atoms in total. The van der Waals surface area contributed by atoms with Crippen molar-refractivity contribution in [3.8, 4) is 0 Å². The zero-order chi connectivity index (χ0) is 13.2. The predicted molar refractivity (Wildman–Crippen MR) is 72.3 cm³/mol. The molecule has 6 heteroatoms. The Hall–Kier alpha value is -1.53. The Bertz CT molecular complexity index is 655. The van der Waals surface area contributed by atoms with Crippen LogP contribution in [0, 0.1) is 0 Å². The van der Waals surface area contributed by atoms with Crippen molar-refractivity contribution < 1.29 is 8.42 Å². The molecule has 0 fully saturated rings. The van der Waals surface area contributed by atoms with Crippen LogP contribution >= 0.6 is 11.8 Å². The molecule has 2 rings (SSSR count). The second-order valence-corrected chi connectivity index (χ2v) is 6.89. The summed E-state index contributed by atoms with van der Waals surface area (Å²) >= 11 is 1.47. The second-order valence-electron chi connectivity index (χ2n) is 3.76. The van der Waals surface area contributed by atoms with Crippen LogP contribution in [0.2, 0.25) is 0 Å². The largest absolute Gasteiger partial charge is 0.398 e. The third kappa shape index (κ3) is 3.02. The lowest BCUT2D eigenvalue weighted by Crippen LogP contribution is -1.99. The van der Waals surface area contributed by atoms with Crippen LogP contribution in [0.3, 0.4) is 0 Å². The summed E-state index contributed by atoms with van der Waals surface area (Å²) in [5.41, 5.74) is 6.32. The van der Waals surface area contributed by atoms with Crippen LogP contribution in [-0.2, 0) is 9.84 Å². The fourth-order valence-corrected chi connectivity index (χ4v) is 2.86. The monoisotopic (exact) mass is 280 g/mol. The van der Waals surface area contributed by atoms with E-state index in [1.807, 2.05) is 12.1 Å². The molecule has 1 aromatic heterocycles. The minimum absolute atomic E-state index is 0.235. The summed E-state index contributed by atoms with van der Waals surface area (Å²) in [6, 6.07) is 8.51. The highest BCUT2D eigenvalue weighted by molar-refractivity contribution is 7.99. The summed E-state index contributed by atoms with van der Waals surface area (Å²) < 4.78 is 22.8. The summed E-state index contributed by atoms with van der Waals surface area (Å²) in [7, 11) is -3.21. The maximum absolute atomic E-state index is 11.4. The summed E-state index contributed by atoms with van der Waals surface area (Å²) in [6.45, 7) is 0. The molecule has 1 aromatic carbocycles. The first-order chi connectivity index (χ1) is 8.47. The quantitative estimate of drug-likeness (QED) is 0.873. The van der Waals surface area contributed by atoms with E-state index in [1.165, 1.54) is 17.8 Å². The van der Waals surface area contributed by atoms with Crippen molar-refractivity contribution in [1.29, 1.82) is 0 Å². The van der Waals surface area contributed by atoms with Crippen LogP contribution in [0.25, 0.3) is 0 Å². The molecule has 0 spiro atoms. The number of sulfone groups is 1. The van der Waals surface area contributed by atoms with Gasteiger partial charge in [0.2, 0.25) is 0 Å². The van der Waals surface area contributed by atoms with Gasteiger partial charge in [-0.25, -0.2) is 8.42 Å². The van der Waals surface area contributed by atoms with Crippen molar-refractivity contribution in [1.82, 2.24) is 4.98 Å². The van der Waals surface area contributed by atoms with Gasteiger partial charge in [-0.15, -0.1) is 0 Å². The summed E-state index contributed by atoms with van der Waals surface area (Å²) in [5.74, 6) is 0. The predicted octanol–water partition coefficient (Wildman–Crippen LogP) is 2.22. The van der Waals surface area contributed by atoms with Crippen molar-refractivity contribution in [2.75, 3.05) is 12.0 Å². The molecule has 0 radical (unpaired) electrons. The molecular weight excluding hydrogens is 268 g/mol. The number of pyridine rings is 1. The number of benzene rings is 1. The van der Waals surface area contributed by atoms with E-state index in [9.17, 15) is 8.42 Å². The zero-order valence-corrected chi connectivity index (χ0v) is 11.3. The highest BCUT2D eigenvalue weighted by Crippen LogP contribution is 2.32. The third-order valence-corrected chi connectivity index (χ3v) is 4.50. The van der Waals surface area contributed by atoms with E-state index in [-0.39, 0.29) is 4.90 Å². The Labute approximate surface area is 110 Å². The second kappa shape index (κ2) is 4.99. The molecule has 0 amide bonds. The lowest BCUT2D eigenvalue weighted by molar-refractivity contribution is 0.602. The number of anilines is 1. The van der Waals surface area contributed by atoms with E-state index in [4.69, 9.17) is 5.73 Å². The standard InChI is InChI=1S/C12H12N2O2S2/c1-18(15,16)10-2-3-12(11(13)8-10)17-9-4-6-14-7-5-9/h2-8H,13H2,1H3. The SMILES string of the molecule is CS(=O)(=O)c1ccc(Sc2ccncc2)c(N)c1. The Morgan fingerprint density at radius 1 is 1.17 bits per heavy atom. The van der Waals surface area contributed by atoms with Crippen molar-refractivity contribution in [2.24, 2.45) is 0 Å². The number of nitrogens with zero attached hydrogens (tertiary/aromatic N) is 1. The van der Waals surface area contributed by atoms with Gasteiger partial charge in [0.25, 0.3) is 0 Å². The van der Waals surface area contributed by atoms with Gasteiger partial charge in [0.15, 0.2) is 9.84 Å². The molecule has 0 bridgehead atoms. The molecule has 0 aliphatic heterocycles. The maximum Gasteiger partial charge on any atom is 0.175 e. The highest BCUT2D eigenvalue weighted by Gasteiger charge is 2.10. The Balaban J connectivity index is 2.32. The number of hydrogen-bond donors (Lipinski definition) is 1. The van der Waals surface area contributed by atoms with Gasteiger partial charge in [-0.1, -0.05) is 11.8 Å². The number of hydrogen-bond acceptors (Lipinski definition) is 5. The van der Waals surface area contributed by atoms with E-state index in [0.29, 0.717) is 5.69 Å². The van der Waals surface area contributed by atoms with Crippen LogP contribution in [0.4, 0.5) is 5.69 Å². The van der Waals surface area contributed by atoms with Gasteiger partial charge in [0, 0.05) is 34.1 Å². The molecule has 18 heavy (non-hydrogen) atoms. The van der Waals surface area contributed by atoms with Gasteiger partial charge in [0.05, 0.1) is 4.90 Å². The molecule has 2 aromatic rings. The lowest BCUT2D eigenvalue weighted by atomic mass is 10.3. The van der Waals surface area contributed by atoms with Gasteiger partial charge in [-0.2, -0.15) is 0 Å². The van der Waals surface area contributed by atoms with E-state index < -0.39 is 9.84 Å². The highest BCUT2D eigenvalue weighted by atomic mass is 32.2. The topological polar surface area (TPSA) is 73.0 Å². The van der Waals surface area contributed by atoms with Gasteiger partial charge in [-0.3, -0.25) is 4.98 Å². The molecule has 0 unspecified atom stereocenters. The van der Waals surface area contributed by atoms with E-state index in [1.54, 1.807) is 24.5 Å². The molecule has 94 valence electrons. The molecular formula is C12H12N2O2S2. The number of nitrogens with two attached hydrogens (primary N) is 1. The average molecular weight is 280 g/mol. The molecule has 0 aliphatic carbocycles. The first-order valence-corrected chi connectivity index (χ1v) is 7.85. The van der Waals surface area contributed by atoms with Crippen LogP contribution in [0.5, 0.6) is 0 Å². The maximum atomic E-state index is 11.4. The minimum Gasteiger partial charge on any atom is -0.398 e. The molecule has 1 heterocycles. The van der Waals surface area contributed by atoms with Crippen molar-refractivity contribution >= 4 is 27.3 Å². The minimum atomic E-state index is -3.21. The van der Waals surface area contributed by atoms with Crippen molar-refractivity contribution in [3.63, 3.8) is 0 Å². The lowest BCUT2D eigenvalue weighted by Gasteiger charge is -2.07. The number of rotatable bonds is 3. The zero-order valence-electron chi connectivity index (χ0n) is 9.70. The van der Waals surface area contributed by atoms with Gasteiger partial charge in [-0.05, 0) is 30.3 Å². The first-order valence-electron chi connectivity index (χ1n) is 5.14. The summed E-state index contributed by atoms with van der Waals surface area (Å²) in [6.07, 6.45) is 4.56. The Morgan fingerprint density at radius 3 is 2.39 bits per heavy atom. The van der Waals surface area contributed by atoms with Crippen molar-refractivity contribution in [2.45, 2.75) is 14.7 Å². The molecule has 2 N–H and O–H groups in total. The van der Waals surface area contributed by atoms with Gasteiger partial charge in [0.1, 0.15) is 0 Å². The van der Waals surface area contributed by atoms with E-state index in [2.05, 4.69) is 4.98 Å². The van der Waals surface area contributed by atoms with E-state index >= 15 is 0 Å². The summed E-state index contributed by atoms with van der Waals surface area (Å²) in [4.78, 5) is 6.00. The summed E-state index contributed by atoms with van der Waals surface area (Å²) in [5, 5.41) is 0. The smallest absolute Gasteiger partial charge is 0.175 e. The number of aromatic nitrogens is 1. The van der Waals surface area contributed by atoms with E-state index in [0.717, 1.165) is 16.0 Å². The first kappa shape index (κ1) is 12.9. The van der Waals surface area contributed by atoms with Gasteiger partial charge < -0.3 is 5.73 Å². The fourth-order valence-electron chi connectivity index (χ4n) is 1.38. The van der Waals surface area contributed by atoms with Crippen LogP contribution in [-0.4, -0.2) is 19.7 Å². The normalized spacial score (nSPS) is 11.4. The molecule has 0 aliphatic rings.